The van der Waals surface area contributed by atoms with Crippen LogP contribution < -0.4 is 10.1 Å². The Bertz CT molecular complexity index is 314. The molecule has 1 aliphatic heterocycles. The highest BCUT2D eigenvalue weighted by Gasteiger charge is 2.24. The maximum absolute atomic E-state index is 5.60. The largest absolute Gasteiger partial charge is 0.496 e. The topological polar surface area (TPSA) is 30.5 Å². The van der Waals surface area contributed by atoms with Gasteiger partial charge in [0.05, 0.1) is 13.7 Å². The van der Waals surface area contributed by atoms with Crippen LogP contribution in [0.15, 0.2) is 24.3 Å². The Hall–Kier alpha value is -1.06. The third-order valence-electron chi connectivity index (χ3n) is 2.37. The van der Waals surface area contributed by atoms with Gasteiger partial charge in [-0.15, -0.1) is 0 Å². The molecule has 3 heteroatoms. The fourth-order valence-corrected chi connectivity index (χ4v) is 1.66. The summed E-state index contributed by atoms with van der Waals surface area (Å²) < 4.78 is 10.9. The van der Waals surface area contributed by atoms with Crippen LogP contribution in [0.5, 0.6) is 5.75 Å². The number of nitrogens with one attached hydrogen (secondary N) is 1. The first-order chi connectivity index (χ1) is 6.81. The summed E-state index contributed by atoms with van der Waals surface area (Å²) in [6.45, 7) is 2.86. The first-order valence-electron chi connectivity index (χ1n) is 4.82. The van der Waals surface area contributed by atoms with Crippen molar-refractivity contribution in [1.82, 2.24) is 5.32 Å². The van der Waals surface area contributed by atoms with Crippen LogP contribution in [0.4, 0.5) is 0 Å². The van der Waals surface area contributed by atoms with Crippen LogP contribution in [0.3, 0.4) is 0 Å². The number of hydrogen-bond donors (Lipinski definition) is 1. The Morgan fingerprint density at radius 2 is 2.21 bits per heavy atom. The average Bonchev–Trinajstić information content (AvgIpc) is 2.65. The molecule has 0 radical (unpaired) electrons. The van der Waals surface area contributed by atoms with E-state index in [1.54, 1.807) is 7.11 Å². The Morgan fingerprint density at radius 1 is 1.43 bits per heavy atom. The maximum atomic E-state index is 5.60. The summed E-state index contributed by atoms with van der Waals surface area (Å²) in [4.78, 5) is 0. The maximum Gasteiger partial charge on any atom is 0.138 e. The smallest absolute Gasteiger partial charge is 0.138 e. The zero-order chi connectivity index (χ0) is 9.97. The first kappa shape index (κ1) is 9.49. The number of hydrogen-bond acceptors (Lipinski definition) is 3. The highest BCUT2D eigenvalue weighted by atomic mass is 16.5. The van der Waals surface area contributed by atoms with Gasteiger partial charge in [-0.3, -0.25) is 5.32 Å². The van der Waals surface area contributed by atoms with Crippen molar-refractivity contribution in [2.45, 2.75) is 19.2 Å². The Kier molecular flexibility index (Phi) is 2.70. The molecule has 0 spiro atoms. The van der Waals surface area contributed by atoms with E-state index in [0.29, 0.717) is 6.04 Å². The summed E-state index contributed by atoms with van der Waals surface area (Å²) in [7, 11) is 1.68. The van der Waals surface area contributed by atoms with Crippen LogP contribution in [0.25, 0.3) is 0 Å². The van der Waals surface area contributed by atoms with Crippen LogP contribution in [0, 0.1) is 0 Å². The van der Waals surface area contributed by atoms with Gasteiger partial charge in [-0.2, -0.15) is 0 Å². The Labute approximate surface area is 84.0 Å². The molecule has 2 rings (SSSR count). The second-order valence-electron chi connectivity index (χ2n) is 3.52. The predicted octanol–water partition coefficient (Wildman–Crippen LogP) is 1.70. The van der Waals surface area contributed by atoms with Crippen molar-refractivity contribution >= 4 is 0 Å². The number of benzene rings is 1. The summed E-state index contributed by atoms with van der Waals surface area (Å²) in [5.74, 6) is 0.874. The molecule has 1 saturated heterocycles. The molecule has 0 amide bonds. The highest BCUT2D eigenvalue weighted by molar-refractivity contribution is 5.35. The minimum atomic E-state index is -0.0267. The first-order valence-corrected chi connectivity index (χ1v) is 4.82. The number of methoxy groups -OCH3 is 1. The minimum Gasteiger partial charge on any atom is -0.496 e. The quantitative estimate of drug-likeness (QED) is 0.775. The van der Waals surface area contributed by atoms with Crippen molar-refractivity contribution in [3.8, 4) is 5.75 Å². The fourth-order valence-electron chi connectivity index (χ4n) is 1.66. The van der Waals surface area contributed by atoms with Crippen LogP contribution in [-0.4, -0.2) is 19.8 Å². The third-order valence-corrected chi connectivity index (χ3v) is 2.37. The van der Waals surface area contributed by atoms with Crippen molar-refractivity contribution in [3.63, 3.8) is 0 Å². The molecule has 2 unspecified atom stereocenters. The third kappa shape index (κ3) is 1.74. The molecule has 76 valence electrons. The van der Waals surface area contributed by atoms with Crippen molar-refractivity contribution in [2.24, 2.45) is 0 Å². The molecule has 0 bridgehead atoms. The van der Waals surface area contributed by atoms with Gasteiger partial charge in [-0.1, -0.05) is 18.2 Å². The second kappa shape index (κ2) is 3.98. The van der Waals surface area contributed by atoms with Crippen molar-refractivity contribution in [2.75, 3.05) is 13.7 Å². The molecule has 0 saturated carbocycles. The number of ether oxygens (including phenoxy) is 2. The molecule has 1 aliphatic rings. The lowest BCUT2D eigenvalue weighted by atomic mass is 10.1. The average molecular weight is 193 g/mol. The van der Waals surface area contributed by atoms with Gasteiger partial charge < -0.3 is 9.47 Å². The summed E-state index contributed by atoms with van der Waals surface area (Å²) >= 11 is 0. The van der Waals surface area contributed by atoms with Crippen molar-refractivity contribution in [3.05, 3.63) is 29.8 Å². The molecule has 1 fully saturated rings. The van der Waals surface area contributed by atoms with E-state index in [-0.39, 0.29) is 6.23 Å². The lowest BCUT2D eigenvalue weighted by Gasteiger charge is -2.14. The van der Waals surface area contributed by atoms with Crippen LogP contribution in [0.2, 0.25) is 0 Å². The summed E-state index contributed by atoms with van der Waals surface area (Å²) in [6, 6.07) is 8.33. The Balaban J connectivity index is 2.22. The number of para-hydroxylation sites is 1. The summed E-state index contributed by atoms with van der Waals surface area (Å²) in [5, 5.41) is 3.34. The lowest BCUT2D eigenvalue weighted by Crippen LogP contribution is -2.22. The van der Waals surface area contributed by atoms with Gasteiger partial charge in [0.15, 0.2) is 0 Å². The van der Waals surface area contributed by atoms with Gasteiger partial charge in [-0.25, -0.2) is 0 Å². The van der Waals surface area contributed by atoms with E-state index in [1.807, 2.05) is 24.3 Å². The normalized spacial score (nSPS) is 26.4. The monoisotopic (exact) mass is 193 g/mol. The minimum absolute atomic E-state index is 0.0267. The molecule has 1 heterocycles. The zero-order valence-corrected chi connectivity index (χ0v) is 8.49. The number of rotatable bonds is 2. The van der Waals surface area contributed by atoms with Crippen LogP contribution >= 0.6 is 0 Å². The molecule has 3 nitrogen and oxygen atoms in total. The molecular formula is C11H15NO2. The van der Waals surface area contributed by atoms with Crippen LogP contribution in [0.1, 0.15) is 18.7 Å². The summed E-state index contributed by atoms with van der Waals surface area (Å²) in [5.41, 5.74) is 1.07. The van der Waals surface area contributed by atoms with E-state index in [9.17, 15) is 0 Å². The zero-order valence-electron chi connectivity index (χ0n) is 8.49. The van der Waals surface area contributed by atoms with Gasteiger partial charge >= 0.3 is 0 Å². The Morgan fingerprint density at radius 3 is 2.86 bits per heavy atom. The van der Waals surface area contributed by atoms with E-state index in [1.165, 1.54) is 0 Å². The SMILES string of the molecule is COc1ccccc1C1NC(C)CO1. The van der Waals surface area contributed by atoms with E-state index >= 15 is 0 Å². The van der Waals surface area contributed by atoms with E-state index in [4.69, 9.17) is 9.47 Å². The molecule has 14 heavy (non-hydrogen) atoms. The summed E-state index contributed by atoms with van der Waals surface area (Å²) in [6.07, 6.45) is -0.0267. The molecule has 1 aromatic rings. The van der Waals surface area contributed by atoms with Gasteiger partial charge in [-0.05, 0) is 13.0 Å². The fraction of sp³-hybridized carbons (Fsp3) is 0.455. The molecule has 2 atom stereocenters. The molecule has 1 N–H and O–H groups in total. The predicted molar refractivity (Wildman–Crippen MR) is 54.3 cm³/mol. The van der Waals surface area contributed by atoms with Crippen molar-refractivity contribution in [1.29, 1.82) is 0 Å². The van der Waals surface area contributed by atoms with Gasteiger partial charge in [0.2, 0.25) is 0 Å². The van der Waals surface area contributed by atoms with Crippen molar-refractivity contribution < 1.29 is 9.47 Å². The van der Waals surface area contributed by atoms with Crippen LogP contribution in [-0.2, 0) is 4.74 Å². The van der Waals surface area contributed by atoms with Gasteiger partial charge in [0.25, 0.3) is 0 Å². The van der Waals surface area contributed by atoms with E-state index < -0.39 is 0 Å². The molecular weight excluding hydrogens is 178 g/mol. The van der Waals surface area contributed by atoms with E-state index in [2.05, 4.69) is 12.2 Å². The highest BCUT2D eigenvalue weighted by Crippen LogP contribution is 2.28. The second-order valence-corrected chi connectivity index (χ2v) is 3.52. The van der Waals surface area contributed by atoms with E-state index in [0.717, 1.165) is 17.9 Å². The van der Waals surface area contributed by atoms with Gasteiger partial charge in [0, 0.05) is 11.6 Å². The lowest BCUT2D eigenvalue weighted by molar-refractivity contribution is 0.0986. The standard InChI is InChI=1S/C11H15NO2/c1-8-7-14-11(12-8)9-5-3-4-6-10(9)13-2/h3-6,8,11-12H,7H2,1-2H3. The molecule has 0 aliphatic carbocycles. The van der Waals surface area contributed by atoms with Gasteiger partial charge in [0.1, 0.15) is 12.0 Å². The molecule has 1 aromatic carbocycles. The molecule has 0 aromatic heterocycles.